The second-order valence-corrected chi connectivity index (χ2v) is 9.13. The van der Waals surface area contributed by atoms with Gasteiger partial charge >= 0.3 is 0 Å². The number of rotatable bonds is 7. The van der Waals surface area contributed by atoms with E-state index in [1.54, 1.807) is 42.5 Å². The lowest BCUT2D eigenvalue weighted by Crippen LogP contribution is -2.22. The topological polar surface area (TPSA) is 18.5 Å². The summed E-state index contributed by atoms with van der Waals surface area (Å²) in [5, 5.41) is 0. The van der Waals surface area contributed by atoms with Crippen LogP contribution in [0, 0.1) is 23.5 Å². The summed E-state index contributed by atoms with van der Waals surface area (Å²) in [7, 11) is 1.51. The molecule has 2 aliphatic carbocycles. The summed E-state index contributed by atoms with van der Waals surface area (Å²) in [6, 6.07) is 10.3. The molecule has 0 bridgehead atoms. The predicted molar refractivity (Wildman–Crippen MR) is 125 cm³/mol. The molecule has 0 saturated heterocycles. The van der Waals surface area contributed by atoms with Gasteiger partial charge in [0.2, 0.25) is 0 Å². The molecular weight excluding hydrogens is 425 g/mol. The summed E-state index contributed by atoms with van der Waals surface area (Å²) >= 11 is 0. The van der Waals surface area contributed by atoms with Gasteiger partial charge in [0, 0.05) is 18.6 Å². The number of methoxy groups -OCH3 is 1. The largest absolute Gasteiger partial charge is 0.493 e. The molecular formula is C28H31F3O2. The van der Waals surface area contributed by atoms with Crippen LogP contribution in [-0.2, 0) is 4.74 Å². The van der Waals surface area contributed by atoms with E-state index in [0.717, 1.165) is 32.1 Å². The lowest BCUT2D eigenvalue weighted by atomic mass is 9.78. The Morgan fingerprint density at radius 3 is 2.27 bits per heavy atom. The summed E-state index contributed by atoms with van der Waals surface area (Å²) in [4.78, 5) is 0. The van der Waals surface area contributed by atoms with Crippen molar-refractivity contribution in [1.82, 2.24) is 0 Å². The Labute approximate surface area is 194 Å². The van der Waals surface area contributed by atoms with Crippen molar-refractivity contribution in [2.75, 3.05) is 13.7 Å². The highest BCUT2D eigenvalue weighted by atomic mass is 19.2. The van der Waals surface area contributed by atoms with E-state index in [4.69, 9.17) is 9.47 Å². The second-order valence-electron chi connectivity index (χ2n) is 9.13. The van der Waals surface area contributed by atoms with Crippen LogP contribution in [0.3, 0.4) is 0 Å². The molecule has 4 rings (SSSR count). The van der Waals surface area contributed by atoms with Crippen molar-refractivity contribution >= 4 is 0 Å². The van der Waals surface area contributed by atoms with Crippen LogP contribution in [0.15, 0.2) is 61.0 Å². The monoisotopic (exact) mass is 456 g/mol. The van der Waals surface area contributed by atoms with Gasteiger partial charge in [0.05, 0.1) is 6.61 Å². The van der Waals surface area contributed by atoms with Crippen molar-refractivity contribution in [1.29, 1.82) is 0 Å². The standard InChI is InChI=1S/C28H31F3O2/c1-3-18-4-7-20(8-5-18)23-13-14-24(28(31)27(23)30)21-9-11-22(12-10-21)33-17-19-6-15-26(32-2)25(29)16-19/h3,9-14,16,18-20,26H,1,4-8,15,17H2,2H3. The molecule has 0 spiro atoms. The van der Waals surface area contributed by atoms with Gasteiger partial charge in [-0.05, 0) is 79.7 Å². The third-order valence-electron chi connectivity index (χ3n) is 7.07. The summed E-state index contributed by atoms with van der Waals surface area (Å²) < 4.78 is 54.7. The van der Waals surface area contributed by atoms with E-state index in [1.165, 1.54) is 7.11 Å². The van der Waals surface area contributed by atoms with Crippen LogP contribution in [0.2, 0.25) is 0 Å². The first-order valence-corrected chi connectivity index (χ1v) is 11.7. The number of allylic oxidation sites excluding steroid dienone is 1. The summed E-state index contributed by atoms with van der Waals surface area (Å²) in [5.41, 5.74) is 1.31. The maximum absolute atomic E-state index is 15.0. The average Bonchev–Trinajstić information content (AvgIpc) is 2.85. The van der Waals surface area contributed by atoms with Gasteiger partial charge in [-0.2, -0.15) is 0 Å². The molecule has 0 heterocycles. The SMILES string of the molecule is C=CC1CCC(c2ccc(-c3ccc(OCC4C=C(F)C(OC)CC4)cc3)c(F)c2F)CC1. The highest BCUT2D eigenvalue weighted by Gasteiger charge is 2.26. The zero-order valence-electron chi connectivity index (χ0n) is 19.0. The van der Waals surface area contributed by atoms with Crippen molar-refractivity contribution < 1.29 is 22.6 Å². The molecule has 0 aliphatic heterocycles. The third-order valence-corrected chi connectivity index (χ3v) is 7.07. The molecule has 2 aromatic rings. The highest BCUT2D eigenvalue weighted by Crippen LogP contribution is 2.39. The first-order chi connectivity index (χ1) is 16.0. The maximum Gasteiger partial charge on any atom is 0.166 e. The summed E-state index contributed by atoms with van der Waals surface area (Å²) in [5.74, 6) is -0.669. The summed E-state index contributed by atoms with van der Waals surface area (Å²) in [6.45, 7) is 4.20. The van der Waals surface area contributed by atoms with E-state index in [2.05, 4.69) is 6.58 Å². The first-order valence-electron chi connectivity index (χ1n) is 11.7. The molecule has 1 fully saturated rings. The number of hydrogen-bond donors (Lipinski definition) is 0. The van der Waals surface area contributed by atoms with Crippen molar-refractivity contribution in [3.8, 4) is 16.9 Å². The van der Waals surface area contributed by atoms with Gasteiger partial charge in [0.1, 0.15) is 17.7 Å². The van der Waals surface area contributed by atoms with E-state index in [9.17, 15) is 13.2 Å². The van der Waals surface area contributed by atoms with Crippen molar-refractivity contribution in [2.45, 2.75) is 50.5 Å². The fourth-order valence-corrected chi connectivity index (χ4v) is 4.98. The molecule has 0 radical (unpaired) electrons. The molecule has 0 amide bonds. The Morgan fingerprint density at radius 1 is 0.909 bits per heavy atom. The molecule has 2 atom stereocenters. The normalized spacial score (nSPS) is 25.4. The second kappa shape index (κ2) is 10.6. The molecule has 2 unspecified atom stereocenters. The van der Waals surface area contributed by atoms with Gasteiger partial charge in [-0.3, -0.25) is 0 Å². The highest BCUT2D eigenvalue weighted by molar-refractivity contribution is 5.65. The van der Waals surface area contributed by atoms with Crippen molar-refractivity contribution in [3.63, 3.8) is 0 Å². The lowest BCUT2D eigenvalue weighted by Gasteiger charge is -2.27. The molecule has 2 aliphatic rings. The quantitative estimate of drug-likeness (QED) is 0.397. The number of halogens is 3. The molecule has 176 valence electrons. The molecule has 1 saturated carbocycles. The fraction of sp³-hybridized carbons (Fsp3) is 0.429. The summed E-state index contributed by atoms with van der Waals surface area (Å²) in [6.07, 6.45) is 8.13. The van der Waals surface area contributed by atoms with Crippen molar-refractivity contribution in [3.05, 3.63) is 78.2 Å². The minimum Gasteiger partial charge on any atom is -0.493 e. The molecule has 5 heteroatoms. The van der Waals surface area contributed by atoms with Crippen LogP contribution >= 0.6 is 0 Å². The van der Waals surface area contributed by atoms with Gasteiger partial charge in [0.25, 0.3) is 0 Å². The molecule has 2 aromatic carbocycles. The van der Waals surface area contributed by atoms with E-state index < -0.39 is 17.7 Å². The Hall–Kier alpha value is -2.53. The number of benzene rings is 2. The smallest absolute Gasteiger partial charge is 0.166 e. The first kappa shape index (κ1) is 23.6. The minimum absolute atomic E-state index is 0.0169. The van der Waals surface area contributed by atoms with Gasteiger partial charge in [-0.1, -0.05) is 30.3 Å². The van der Waals surface area contributed by atoms with Gasteiger partial charge in [0.15, 0.2) is 11.6 Å². The average molecular weight is 457 g/mol. The Morgan fingerprint density at radius 2 is 1.64 bits per heavy atom. The molecule has 0 aromatic heterocycles. The lowest BCUT2D eigenvalue weighted by molar-refractivity contribution is 0.0874. The van der Waals surface area contributed by atoms with Crippen LogP contribution in [0.25, 0.3) is 11.1 Å². The molecule has 2 nitrogen and oxygen atoms in total. The van der Waals surface area contributed by atoms with Crippen LogP contribution in [0.1, 0.15) is 50.0 Å². The Balaban J connectivity index is 1.41. The van der Waals surface area contributed by atoms with E-state index in [0.29, 0.717) is 35.8 Å². The Kier molecular flexibility index (Phi) is 7.59. The van der Waals surface area contributed by atoms with Crippen molar-refractivity contribution in [2.24, 2.45) is 11.8 Å². The minimum atomic E-state index is -0.803. The predicted octanol–water partition coefficient (Wildman–Crippen LogP) is 7.75. The Bertz CT molecular complexity index is 991. The van der Waals surface area contributed by atoms with Crippen LogP contribution < -0.4 is 4.74 Å². The maximum atomic E-state index is 15.0. The zero-order valence-corrected chi connectivity index (χ0v) is 19.0. The van der Waals surface area contributed by atoms with E-state index >= 15 is 0 Å². The van der Waals surface area contributed by atoms with Gasteiger partial charge < -0.3 is 9.47 Å². The third kappa shape index (κ3) is 5.35. The van der Waals surface area contributed by atoms with Gasteiger partial charge in [-0.15, -0.1) is 6.58 Å². The molecule has 0 N–H and O–H groups in total. The van der Waals surface area contributed by atoms with Crippen LogP contribution in [0.4, 0.5) is 13.2 Å². The van der Waals surface area contributed by atoms with E-state index in [-0.39, 0.29) is 23.2 Å². The zero-order chi connectivity index (χ0) is 23.4. The van der Waals surface area contributed by atoms with E-state index in [1.807, 2.05) is 6.08 Å². The molecule has 33 heavy (non-hydrogen) atoms. The fourth-order valence-electron chi connectivity index (χ4n) is 4.98. The number of hydrogen-bond acceptors (Lipinski definition) is 2. The number of ether oxygens (including phenoxy) is 2. The van der Waals surface area contributed by atoms with Crippen LogP contribution in [-0.4, -0.2) is 19.8 Å². The van der Waals surface area contributed by atoms with Gasteiger partial charge in [-0.25, -0.2) is 13.2 Å². The van der Waals surface area contributed by atoms with Crippen LogP contribution in [0.5, 0.6) is 5.75 Å².